The van der Waals surface area contributed by atoms with Crippen molar-refractivity contribution in [2.45, 2.75) is 25.3 Å². The van der Waals surface area contributed by atoms with Crippen LogP contribution in [0.1, 0.15) is 36.4 Å². The van der Waals surface area contributed by atoms with Crippen molar-refractivity contribution in [3.8, 4) is 0 Å². The maximum atomic E-state index is 13.3. The summed E-state index contributed by atoms with van der Waals surface area (Å²) in [5, 5.41) is 0. The Morgan fingerprint density at radius 2 is 1.53 bits per heavy atom. The number of rotatable bonds is 4. The van der Waals surface area contributed by atoms with Crippen LogP contribution in [0.25, 0.3) is 0 Å². The van der Waals surface area contributed by atoms with Gasteiger partial charge in [-0.3, -0.25) is 0 Å². The van der Waals surface area contributed by atoms with E-state index in [1.165, 1.54) is 12.1 Å². The molecule has 2 aromatic carbocycles. The van der Waals surface area contributed by atoms with Crippen LogP contribution in [0.15, 0.2) is 48.5 Å². The fourth-order valence-corrected chi connectivity index (χ4v) is 2.40. The smallest absolute Gasteiger partial charge is 0.126 e. The molecule has 2 unspecified atom stereocenters. The van der Waals surface area contributed by atoms with Crippen LogP contribution < -0.4 is 5.73 Å². The van der Waals surface area contributed by atoms with Gasteiger partial charge in [-0.15, -0.1) is 0 Å². The maximum Gasteiger partial charge on any atom is 0.126 e. The highest BCUT2D eigenvalue weighted by atomic mass is 19.1. The molecule has 0 aliphatic carbocycles. The predicted molar refractivity (Wildman–Crippen MR) is 72.8 cm³/mol. The van der Waals surface area contributed by atoms with E-state index in [1.54, 1.807) is 0 Å². The van der Waals surface area contributed by atoms with Crippen molar-refractivity contribution >= 4 is 0 Å². The Hall–Kier alpha value is -1.74. The molecule has 0 aliphatic rings. The van der Waals surface area contributed by atoms with Gasteiger partial charge in [-0.05, 0) is 29.7 Å². The first-order chi connectivity index (χ1) is 9.11. The van der Waals surface area contributed by atoms with E-state index in [0.717, 1.165) is 18.1 Å². The molecule has 0 spiro atoms. The minimum absolute atomic E-state index is 0.0439. The second-order valence-electron chi connectivity index (χ2n) is 4.65. The summed E-state index contributed by atoms with van der Waals surface area (Å²) >= 11 is 0. The Morgan fingerprint density at radius 1 is 0.947 bits per heavy atom. The van der Waals surface area contributed by atoms with Crippen molar-refractivity contribution in [2.24, 2.45) is 5.73 Å². The average Bonchev–Trinajstić information content (AvgIpc) is 2.39. The third-order valence-corrected chi connectivity index (χ3v) is 3.37. The van der Waals surface area contributed by atoms with E-state index < -0.39 is 17.7 Å². The van der Waals surface area contributed by atoms with E-state index in [1.807, 2.05) is 37.3 Å². The first kappa shape index (κ1) is 13.7. The highest BCUT2D eigenvalue weighted by molar-refractivity contribution is 5.28. The van der Waals surface area contributed by atoms with Gasteiger partial charge >= 0.3 is 0 Å². The second-order valence-corrected chi connectivity index (χ2v) is 4.65. The summed E-state index contributed by atoms with van der Waals surface area (Å²) in [6.45, 7) is 2.02. The number of hydrogen-bond donors (Lipinski definition) is 1. The molecule has 2 atom stereocenters. The minimum Gasteiger partial charge on any atom is -0.323 e. The fourth-order valence-electron chi connectivity index (χ4n) is 2.40. The van der Waals surface area contributed by atoms with Crippen LogP contribution in [0.5, 0.6) is 0 Å². The van der Waals surface area contributed by atoms with Crippen LogP contribution in [0.4, 0.5) is 8.78 Å². The Kier molecular flexibility index (Phi) is 4.27. The number of benzene rings is 2. The van der Waals surface area contributed by atoms with Crippen molar-refractivity contribution in [3.05, 3.63) is 71.3 Å². The van der Waals surface area contributed by atoms with Crippen LogP contribution >= 0.6 is 0 Å². The number of nitrogens with two attached hydrogens (primary N) is 1. The third-order valence-electron chi connectivity index (χ3n) is 3.37. The molecule has 0 bridgehead atoms. The minimum atomic E-state index is -0.589. The molecule has 0 fully saturated rings. The monoisotopic (exact) mass is 261 g/mol. The molecule has 1 nitrogen and oxygen atoms in total. The highest BCUT2D eigenvalue weighted by Gasteiger charge is 2.20. The zero-order valence-electron chi connectivity index (χ0n) is 10.8. The second kappa shape index (κ2) is 5.93. The van der Waals surface area contributed by atoms with Crippen molar-refractivity contribution < 1.29 is 8.78 Å². The van der Waals surface area contributed by atoms with Gasteiger partial charge < -0.3 is 5.73 Å². The Balaban J connectivity index is 2.33. The molecule has 0 heterocycles. The van der Waals surface area contributed by atoms with Gasteiger partial charge in [-0.2, -0.15) is 0 Å². The van der Waals surface area contributed by atoms with Gasteiger partial charge in [0.05, 0.1) is 0 Å². The molecule has 0 amide bonds. The lowest BCUT2D eigenvalue weighted by atomic mass is 9.86. The van der Waals surface area contributed by atoms with Crippen molar-refractivity contribution in [1.82, 2.24) is 0 Å². The summed E-state index contributed by atoms with van der Waals surface area (Å²) in [7, 11) is 0. The van der Waals surface area contributed by atoms with Gasteiger partial charge in [0.15, 0.2) is 0 Å². The molecule has 2 N–H and O–H groups in total. The number of hydrogen-bond acceptors (Lipinski definition) is 1. The molecule has 2 aromatic rings. The molecule has 0 saturated heterocycles. The molecule has 0 aromatic heterocycles. The lowest BCUT2D eigenvalue weighted by molar-refractivity contribution is 0.523. The van der Waals surface area contributed by atoms with E-state index >= 15 is 0 Å². The summed E-state index contributed by atoms with van der Waals surface area (Å²) in [5.41, 5.74) is 7.77. The Labute approximate surface area is 112 Å². The van der Waals surface area contributed by atoms with E-state index in [9.17, 15) is 8.78 Å². The zero-order valence-corrected chi connectivity index (χ0v) is 10.8. The fraction of sp³-hybridized carbons (Fsp3) is 0.250. The molecule has 0 radical (unpaired) electrons. The summed E-state index contributed by atoms with van der Waals surface area (Å²) in [6.07, 6.45) is 0.809. The first-order valence-corrected chi connectivity index (χ1v) is 6.38. The summed E-state index contributed by atoms with van der Waals surface area (Å²) in [5.74, 6) is -1.14. The molecule has 0 saturated carbocycles. The molecule has 0 aliphatic heterocycles. The Bertz CT molecular complexity index is 519. The third kappa shape index (κ3) is 3.18. The zero-order chi connectivity index (χ0) is 13.8. The molecule has 3 heteroatoms. The Morgan fingerprint density at radius 3 is 2.05 bits per heavy atom. The standard InChI is InChI=1S/C16H17F2N/c1-2-15(11-6-4-3-5-7-11)16(19)12-8-13(17)10-14(18)9-12/h3-10,15-16H,2,19H2,1H3. The number of halogens is 2. The topological polar surface area (TPSA) is 26.0 Å². The lowest BCUT2D eigenvalue weighted by Gasteiger charge is -2.23. The van der Waals surface area contributed by atoms with Crippen molar-refractivity contribution in [3.63, 3.8) is 0 Å². The van der Waals surface area contributed by atoms with Crippen molar-refractivity contribution in [1.29, 1.82) is 0 Å². The first-order valence-electron chi connectivity index (χ1n) is 6.38. The molecular weight excluding hydrogens is 244 g/mol. The summed E-state index contributed by atoms with van der Waals surface area (Å²) in [4.78, 5) is 0. The molecular formula is C16H17F2N. The van der Waals surface area contributed by atoms with E-state index in [0.29, 0.717) is 5.56 Å². The van der Waals surface area contributed by atoms with Gasteiger partial charge in [-0.1, -0.05) is 37.3 Å². The molecule has 2 rings (SSSR count). The largest absolute Gasteiger partial charge is 0.323 e. The maximum absolute atomic E-state index is 13.3. The van der Waals surface area contributed by atoms with Gasteiger partial charge in [0.1, 0.15) is 11.6 Å². The van der Waals surface area contributed by atoms with Crippen LogP contribution in [0.3, 0.4) is 0 Å². The SMILES string of the molecule is CCC(c1ccccc1)C(N)c1cc(F)cc(F)c1. The molecule has 19 heavy (non-hydrogen) atoms. The van der Waals surface area contributed by atoms with Crippen LogP contribution in [0, 0.1) is 11.6 Å². The van der Waals surface area contributed by atoms with Gasteiger partial charge in [0.2, 0.25) is 0 Å². The van der Waals surface area contributed by atoms with E-state index in [-0.39, 0.29) is 5.92 Å². The van der Waals surface area contributed by atoms with Crippen LogP contribution in [0.2, 0.25) is 0 Å². The van der Waals surface area contributed by atoms with Crippen LogP contribution in [-0.2, 0) is 0 Å². The lowest BCUT2D eigenvalue weighted by Crippen LogP contribution is -2.19. The molecule has 100 valence electrons. The van der Waals surface area contributed by atoms with Gasteiger partial charge in [0, 0.05) is 18.0 Å². The van der Waals surface area contributed by atoms with Gasteiger partial charge in [0.25, 0.3) is 0 Å². The highest BCUT2D eigenvalue weighted by Crippen LogP contribution is 2.32. The van der Waals surface area contributed by atoms with E-state index in [2.05, 4.69) is 0 Å². The van der Waals surface area contributed by atoms with Crippen molar-refractivity contribution in [2.75, 3.05) is 0 Å². The van der Waals surface area contributed by atoms with Gasteiger partial charge in [-0.25, -0.2) is 8.78 Å². The predicted octanol–water partition coefficient (Wildman–Crippen LogP) is 4.16. The summed E-state index contributed by atoms with van der Waals surface area (Å²) < 4.78 is 26.5. The summed E-state index contributed by atoms with van der Waals surface area (Å²) in [6, 6.07) is 12.8. The average molecular weight is 261 g/mol. The quantitative estimate of drug-likeness (QED) is 0.878. The normalized spacial score (nSPS) is 14.1. The van der Waals surface area contributed by atoms with E-state index in [4.69, 9.17) is 5.73 Å². The van der Waals surface area contributed by atoms with Crippen LogP contribution in [-0.4, -0.2) is 0 Å².